The molecule has 0 aromatic heterocycles. The van der Waals surface area contributed by atoms with Crippen LogP contribution in [0.4, 0.5) is 22.0 Å². The van der Waals surface area contributed by atoms with Crippen LogP contribution in [0.15, 0.2) is 24.3 Å². The standard InChI is InChI=1S/C21H22F2I3NO6S.C18H17F3I3NO6S/c1-10(21(22,23)34(30,31)32)33-18(29)19-5-11-2-12(6-19)8-20(7-11,9-19)27-17(28)14-3-13(24)4-15(25)16(14)26;19-18(20,21)14(6-32(28,29)30)31-17(27)10-2-8-1-7(10)3-13(8)25-16(26)11-4-9(22)5-12(23)15(11)24/h3-4,10-12H,2,5-9H2,1H3,(H,27,28)(H,30,31,32);4-5,7-8,10,13-14H,1-3,6H2,(H,25,26)(H,28,29,30)/p-2. The van der Waals surface area contributed by atoms with Gasteiger partial charge in [-0.15, -0.1) is 0 Å². The summed E-state index contributed by atoms with van der Waals surface area (Å²) in [5.41, 5.74) is -0.696. The van der Waals surface area contributed by atoms with Gasteiger partial charge in [-0.2, -0.15) is 22.0 Å². The molecule has 2 aromatic rings. The van der Waals surface area contributed by atoms with Crippen molar-refractivity contribution < 1.29 is 76.5 Å². The molecule has 6 saturated carbocycles. The monoisotopic (exact) mass is 1650 g/mol. The number of halogens is 11. The van der Waals surface area contributed by atoms with Gasteiger partial charge in [0.15, 0.2) is 16.2 Å². The van der Waals surface area contributed by atoms with Crippen molar-refractivity contribution in [2.75, 3.05) is 5.75 Å². The lowest BCUT2D eigenvalue weighted by molar-refractivity contribution is -0.218. The fraction of sp³-hybridized carbons (Fsp3) is 0.590. The van der Waals surface area contributed by atoms with E-state index in [-0.39, 0.29) is 54.4 Å². The zero-order chi connectivity index (χ0) is 49.3. The molecule has 6 aliphatic rings. The lowest BCUT2D eigenvalue weighted by Crippen LogP contribution is -2.65. The van der Waals surface area contributed by atoms with E-state index >= 15 is 0 Å². The average Bonchev–Trinajstić information content (AvgIpc) is 3.76. The summed E-state index contributed by atoms with van der Waals surface area (Å²) >= 11 is 12.8. The Bertz CT molecular complexity index is 2530. The first-order valence-electron chi connectivity index (χ1n) is 19.9. The summed E-state index contributed by atoms with van der Waals surface area (Å²) in [6, 6.07) is 7.27. The summed E-state index contributed by atoms with van der Waals surface area (Å²) in [5, 5.41) is 1.42. The summed E-state index contributed by atoms with van der Waals surface area (Å²) in [6.07, 6.45) is -6.04. The molecule has 0 aliphatic heterocycles. The van der Waals surface area contributed by atoms with Crippen LogP contribution in [0.5, 0.6) is 0 Å². The van der Waals surface area contributed by atoms with E-state index in [0.29, 0.717) is 56.6 Å². The molecule has 8 atom stereocenters. The van der Waals surface area contributed by atoms with Gasteiger partial charge in [0.25, 0.3) is 11.8 Å². The fourth-order valence-corrected chi connectivity index (χ4v) is 16.4. The first kappa shape index (κ1) is 55.5. The fourth-order valence-electron chi connectivity index (χ4n) is 10.6. The van der Waals surface area contributed by atoms with E-state index in [4.69, 9.17) is 4.74 Å². The molecule has 2 amide bonds. The first-order chi connectivity index (χ1) is 30.2. The number of hydrogen-bond acceptors (Lipinski definition) is 12. The van der Waals surface area contributed by atoms with Gasteiger partial charge in [0.1, 0.15) is 0 Å². The Morgan fingerprint density at radius 3 is 1.76 bits per heavy atom. The second kappa shape index (κ2) is 20.6. The molecule has 0 saturated heterocycles. The minimum Gasteiger partial charge on any atom is -0.748 e. The molecule has 6 fully saturated rings. The Balaban J connectivity index is 0.000000219. The Morgan fingerprint density at radius 1 is 0.758 bits per heavy atom. The maximum atomic E-state index is 14.0. The minimum absolute atomic E-state index is 0.103. The van der Waals surface area contributed by atoms with E-state index in [2.05, 4.69) is 151 Å². The van der Waals surface area contributed by atoms with Gasteiger partial charge in [0.05, 0.1) is 38.3 Å². The second-order valence-electron chi connectivity index (χ2n) is 17.6. The predicted molar refractivity (Wildman–Crippen MR) is 273 cm³/mol. The molecule has 0 spiro atoms. The van der Waals surface area contributed by atoms with Crippen LogP contribution in [0.2, 0.25) is 0 Å². The molecule has 2 N–H and O–H groups in total. The summed E-state index contributed by atoms with van der Waals surface area (Å²) in [7, 11) is -11.2. The molecular weight excluding hydrogens is 1610 g/mol. The van der Waals surface area contributed by atoms with Gasteiger partial charge >= 0.3 is 23.4 Å². The molecule has 6 aliphatic carbocycles. The predicted octanol–water partition coefficient (Wildman–Crippen LogP) is 8.30. The maximum Gasteiger partial charge on any atom is 0.426 e. The highest BCUT2D eigenvalue weighted by molar-refractivity contribution is 14.1. The zero-order valence-corrected chi connectivity index (χ0v) is 48.5. The SMILES string of the molecule is CC(OC(=O)C12CC3CC(CC(NC(=O)c4cc(I)cc(I)c4I)(C3)C1)C2)C(F)(F)S(=O)(=O)[O-].O=C(NC1CC2CC1CC2C(=O)OC(CS(=O)(=O)[O-])C(F)(F)F)c1cc(I)cc(I)c1I. The number of benzene rings is 2. The summed E-state index contributed by atoms with van der Waals surface area (Å²) in [4.78, 5) is 51.6. The third-order valence-corrected chi connectivity index (χ3v) is 21.9. The van der Waals surface area contributed by atoms with Crippen molar-refractivity contribution in [2.45, 2.75) is 99.9 Å². The van der Waals surface area contributed by atoms with E-state index in [1.54, 1.807) is 12.1 Å². The van der Waals surface area contributed by atoms with Crippen LogP contribution in [0, 0.1) is 56.4 Å². The van der Waals surface area contributed by atoms with Crippen LogP contribution >= 0.6 is 136 Å². The Hall–Kier alpha value is 0.170. The number of amides is 2. The van der Waals surface area contributed by atoms with Crippen LogP contribution in [0.1, 0.15) is 85.4 Å². The van der Waals surface area contributed by atoms with Crippen molar-refractivity contribution in [3.63, 3.8) is 0 Å². The molecule has 2 aromatic carbocycles. The molecule has 8 rings (SSSR count). The van der Waals surface area contributed by atoms with Crippen molar-refractivity contribution in [3.05, 3.63) is 56.8 Å². The van der Waals surface area contributed by atoms with Crippen LogP contribution < -0.4 is 10.6 Å². The highest BCUT2D eigenvalue weighted by Gasteiger charge is 2.63. The Kier molecular flexibility index (Phi) is 17.3. The van der Waals surface area contributed by atoms with E-state index in [1.807, 2.05) is 12.1 Å². The van der Waals surface area contributed by atoms with Gasteiger partial charge in [-0.05, 0) is 248 Å². The van der Waals surface area contributed by atoms with Crippen LogP contribution in [0.25, 0.3) is 0 Å². The summed E-state index contributed by atoms with van der Waals surface area (Å²) in [5.74, 6) is -5.42. The van der Waals surface area contributed by atoms with Crippen molar-refractivity contribution >= 4 is 180 Å². The lowest BCUT2D eigenvalue weighted by atomic mass is 9.47. The smallest absolute Gasteiger partial charge is 0.426 e. The van der Waals surface area contributed by atoms with Crippen LogP contribution in [0.3, 0.4) is 0 Å². The number of alkyl halides is 5. The Labute approximate surface area is 458 Å². The molecule has 8 unspecified atom stereocenters. The van der Waals surface area contributed by atoms with Crippen molar-refractivity contribution in [1.82, 2.24) is 10.6 Å². The second-order valence-corrected chi connectivity index (χ2v) is 27.5. The Morgan fingerprint density at radius 2 is 1.29 bits per heavy atom. The number of carbonyl (C=O) groups excluding carboxylic acids is 4. The molecule has 14 nitrogen and oxygen atoms in total. The van der Waals surface area contributed by atoms with E-state index in [0.717, 1.165) is 27.8 Å². The van der Waals surface area contributed by atoms with E-state index < -0.39 is 78.4 Å². The van der Waals surface area contributed by atoms with E-state index in [9.17, 15) is 67.1 Å². The average molecular weight is 1650 g/mol. The largest absolute Gasteiger partial charge is 0.748 e. The van der Waals surface area contributed by atoms with Crippen LogP contribution in [-0.2, 0) is 39.3 Å². The number of rotatable bonds is 12. The molecule has 6 bridgehead atoms. The molecular formula is C39H37F5I6N2O12S2-2. The summed E-state index contributed by atoms with van der Waals surface area (Å²) in [6.45, 7) is 0.714. The highest BCUT2D eigenvalue weighted by atomic mass is 127. The molecule has 366 valence electrons. The van der Waals surface area contributed by atoms with Gasteiger partial charge in [-0.3, -0.25) is 19.2 Å². The maximum absolute atomic E-state index is 14.0. The number of carbonyl (C=O) groups is 4. The molecule has 0 heterocycles. The lowest BCUT2D eigenvalue weighted by Gasteiger charge is -2.61. The zero-order valence-electron chi connectivity index (χ0n) is 33.9. The van der Waals surface area contributed by atoms with Gasteiger partial charge in [0, 0.05) is 33.0 Å². The number of hydrogen-bond donors (Lipinski definition) is 2. The first-order valence-corrected chi connectivity index (χ1v) is 29.4. The third-order valence-electron chi connectivity index (χ3n) is 12.9. The topological polar surface area (TPSA) is 225 Å². The molecule has 66 heavy (non-hydrogen) atoms. The number of nitrogens with one attached hydrogen (secondary N) is 2. The van der Waals surface area contributed by atoms with Gasteiger partial charge in [0.2, 0.25) is 6.10 Å². The van der Waals surface area contributed by atoms with E-state index in [1.165, 1.54) is 0 Å². The van der Waals surface area contributed by atoms with Gasteiger partial charge in [-0.25, -0.2) is 16.8 Å². The number of fused-ring (bicyclic) bond motifs is 2. The molecule has 0 radical (unpaired) electrons. The van der Waals surface area contributed by atoms with Gasteiger partial charge < -0.3 is 29.2 Å². The third kappa shape index (κ3) is 12.5. The minimum atomic E-state index is -5.99. The quantitative estimate of drug-likeness (QED) is 0.0673. The highest BCUT2D eigenvalue weighted by Crippen LogP contribution is 2.62. The van der Waals surface area contributed by atoms with Crippen molar-refractivity contribution in [2.24, 2.45) is 35.0 Å². The van der Waals surface area contributed by atoms with Crippen molar-refractivity contribution in [1.29, 1.82) is 0 Å². The summed E-state index contributed by atoms with van der Waals surface area (Å²) < 4.78 is 147. The molecule has 27 heteroatoms. The van der Waals surface area contributed by atoms with Crippen LogP contribution in [-0.4, -0.2) is 90.7 Å². The number of ether oxygens (including phenoxy) is 2. The van der Waals surface area contributed by atoms with Crippen molar-refractivity contribution in [3.8, 4) is 0 Å². The number of esters is 2. The normalized spacial score (nSPS) is 28.8. The van der Waals surface area contributed by atoms with Gasteiger partial charge in [-0.1, -0.05) is 0 Å².